The highest BCUT2D eigenvalue weighted by molar-refractivity contribution is 9.10. The fourth-order valence-electron chi connectivity index (χ4n) is 1.91. The molecule has 0 unspecified atom stereocenters. The van der Waals surface area contributed by atoms with E-state index in [4.69, 9.17) is 0 Å². The molecule has 2 rings (SSSR count). The Bertz CT molecular complexity index is 553. The molecule has 0 saturated heterocycles. The van der Waals surface area contributed by atoms with Gasteiger partial charge in [0.2, 0.25) is 0 Å². The zero-order valence-corrected chi connectivity index (χ0v) is 12.4. The molecule has 2 aromatic rings. The van der Waals surface area contributed by atoms with Crippen LogP contribution in [-0.2, 0) is 11.8 Å². The number of pyridine rings is 1. The maximum atomic E-state index is 4.59. The maximum Gasteiger partial charge on any atom is 0.110 e. The fraction of sp³-hybridized carbons (Fsp3) is 0.400. The van der Waals surface area contributed by atoms with Gasteiger partial charge in [0.25, 0.3) is 0 Å². The second kappa shape index (κ2) is 4.41. The van der Waals surface area contributed by atoms with Crippen LogP contribution in [0.2, 0.25) is 0 Å². The average molecular weight is 292 g/mol. The number of aromatic nitrogens is 1. The molecule has 0 radical (unpaired) electrons. The molecule has 0 fully saturated rings. The van der Waals surface area contributed by atoms with Crippen LogP contribution in [0.1, 0.15) is 38.8 Å². The van der Waals surface area contributed by atoms with E-state index in [0.717, 1.165) is 16.5 Å². The lowest BCUT2D eigenvalue weighted by Crippen LogP contribution is -2.10. The van der Waals surface area contributed by atoms with Gasteiger partial charge >= 0.3 is 0 Å². The van der Waals surface area contributed by atoms with Gasteiger partial charge in [0, 0.05) is 5.39 Å². The minimum absolute atomic E-state index is 0.188. The van der Waals surface area contributed by atoms with Crippen molar-refractivity contribution in [3.63, 3.8) is 0 Å². The van der Waals surface area contributed by atoms with Gasteiger partial charge in [0.1, 0.15) is 4.60 Å². The monoisotopic (exact) mass is 291 g/mol. The first-order chi connectivity index (χ1) is 7.91. The van der Waals surface area contributed by atoms with Crippen LogP contribution >= 0.6 is 15.9 Å². The quantitative estimate of drug-likeness (QED) is 0.684. The van der Waals surface area contributed by atoms with Crippen molar-refractivity contribution in [1.29, 1.82) is 0 Å². The first-order valence-corrected chi connectivity index (χ1v) is 6.81. The van der Waals surface area contributed by atoms with Crippen LogP contribution in [0.5, 0.6) is 0 Å². The molecular weight excluding hydrogens is 274 g/mol. The molecule has 0 aliphatic rings. The van der Waals surface area contributed by atoms with Crippen molar-refractivity contribution in [3.8, 4) is 0 Å². The van der Waals surface area contributed by atoms with E-state index in [2.05, 4.69) is 72.9 Å². The fourth-order valence-corrected chi connectivity index (χ4v) is 2.50. The molecule has 0 aliphatic carbocycles. The maximum absolute atomic E-state index is 4.59. The highest BCUT2D eigenvalue weighted by Gasteiger charge is 2.14. The lowest BCUT2D eigenvalue weighted by atomic mass is 9.86. The van der Waals surface area contributed by atoms with Crippen LogP contribution in [0.25, 0.3) is 10.9 Å². The molecule has 1 nitrogen and oxygen atoms in total. The molecule has 1 aromatic heterocycles. The van der Waals surface area contributed by atoms with Crippen molar-refractivity contribution < 1.29 is 0 Å². The van der Waals surface area contributed by atoms with E-state index < -0.39 is 0 Å². The Hall–Kier alpha value is -0.890. The van der Waals surface area contributed by atoms with Crippen molar-refractivity contribution in [2.75, 3.05) is 0 Å². The number of aryl methyl sites for hydroxylation is 1. The Kier molecular flexibility index (Phi) is 3.26. The number of benzene rings is 1. The molecule has 0 atom stereocenters. The summed E-state index contributed by atoms with van der Waals surface area (Å²) < 4.78 is 0.969. The summed E-state index contributed by atoms with van der Waals surface area (Å²) in [7, 11) is 0. The summed E-state index contributed by atoms with van der Waals surface area (Å²) in [6.45, 7) is 8.87. The second-order valence-electron chi connectivity index (χ2n) is 5.45. The Balaban J connectivity index is 2.65. The summed E-state index contributed by atoms with van der Waals surface area (Å²) in [6.07, 6.45) is 1.00. The van der Waals surface area contributed by atoms with Gasteiger partial charge in [-0.3, -0.25) is 0 Å². The minimum Gasteiger partial charge on any atom is -0.241 e. The molecule has 1 aromatic carbocycles. The molecule has 0 amide bonds. The largest absolute Gasteiger partial charge is 0.241 e. The van der Waals surface area contributed by atoms with Crippen molar-refractivity contribution in [2.45, 2.75) is 39.5 Å². The third-order valence-corrected chi connectivity index (χ3v) is 3.77. The van der Waals surface area contributed by atoms with Crippen LogP contribution in [0.15, 0.2) is 28.9 Å². The van der Waals surface area contributed by atoms with Crippen LogP contribution in [0, 0.1) is 0 Å². The standard InChI is InChI=1S/C15H18BrN/c1-5-10-8-11-9-12(15(2,3)4)6-7-13(11)17-14(10)16/h6-9H,5H2,1-4H3. The van der Waals surface area contributed by atoms with Crippen molar-refractivity contribution >= 4 is 26.8 Å². The lowest BCUT2D eigenvalue weighted by molar-refractivity contribution is 0.591. The molecule has 0 aliphatic heterocycles. The van der Waals surface area contributed by atoms with Gasteiger partial charge in [-0.15, -0.1) is 0 Å². The Morgan fingerprint density at radius 3 is 2.47 bits per heavy atom. The molecule has 0 spiro atoms. The lowest BCUT2D eigenvalue weighted by Gasteiger charge is -2.19. The zero-order valence-electron chi connectivity index (χ0n) is 10.8. The Morgan fingerprint density at radius 1 is 1.18 bits per heavy atom. The van der Waals surface area contributed by atoms with E-state index in [9.17, 15) is 0 Å². The van der Waals surface area contributed by atoms with Crippen LogP contribution < -0.4 is 0 Å². The number of hydrogen-bond donors (Lipinski definition) is 0. The van der Waals surface area contributed by atoms with Crippen LogP contribution in [0.3, 0.4) is 0 Å². The van der Waals surface area contributed by atoms with E-state index in [0.29, 0.717) is 0 Å². The van der Waals surface area contributed by atoms with E-state index in [1.807, 2.05) is 0 Å². The van der Waals surface area contributed by atoms with Crippen molar-refractivity contribution in [2.24, 2.45) is 0 Å². The molecule has 17 heavy (non-hydrogen) atoms. The molecule has 0 bridgehead atoms. The van der Waals surface area contributed by atoms with E-state index in [1.165, 1.54) is 16.5 Å². The predicted octanol–water partition coefficient (Wildman–Crippen LogP) is 4.86. The normalized spacial score (nSPS) is 12.1. The number of halogens is 1. The van der Waals surface area contributed by atoms with E-state index >= 15 is 0 Å². The van der Waals surface area contributed by atoms with Gasteiger partial charge in [0.15, 0.2) is 0 Å². The van der Waals surface area contributed by atoms with E-state index in [-0.39, 0.29) is 5.41 Å². The molecule has 0 N–H and O–H groups in total. The second-order valence-corrected chi connectivity index (χ2v) is 6.20. The Labute approximate surface area is 111 Å². The summed E-state index contributed by atoms with van der Waals surface area (Å²) in [5.41, 5.74) is 3.87. The van der Waals surface area contributed by atoms with Gasteiger partial charge in [-0.1, -0.05) is 33.8 Å². The first-order valence-electron chi connectivity index (χ1n) is 6.01. The zero-order chi connectivity index (χ0) is 12.6. The van der Waals surface area contributed by atoms with Gasteiger partial charge in [-0.25, -0.2) is 4.98 Å². The SMILES string of the molecule is CCc1cc2cc(C(C)(C)C)ccc2nc1Br. The minimum atomic E-state index is 0.188. The summed E-state index contributed by atoms with van der Waals surface area (Å²) in [6, 6.07) is 8.78. The van der Waals surface area contributed by atoms with Gasteiger partial charge in [0.05, 0.1) is 5.52 Å². The van der Waals surface area contributed by atoms with Gasteiger partial charge in [-0.2, -0.15) is 0 Å². The summed E-state index contributed by atoms with van der Waals surface area (Å²) >= 11 is 3.52. The van der Waals surface area contributed by atoms with Gasteiger partial charge < -0.3 is 0 Å². The number of nitrogens with zero attached hydrogens (tertiary/aromatic N) is 1. The average Bonchev–Trinajstić information content (AvgIpc) is 2.26. The predicted molar refractivity (Wildman–Crippen MR) is 77.5 cm³/mol. The highest BCUT2D eigenvalue weighted by Crippen LogP contribution is 2.27. The molecule has 1 heterocycles. The van der Waals surface area contributed by atoms with Crippen molar-refractivity contribution in [1.82, 2.24) is 4.98 Å². The molecule has 90 valence electrons. The third-order valence-electron chi connectivity index (χ3n) is 3.09. The van der Waals surface area contributed by atoms with E-state index in [1.54, 1.807) is 0 Å². The smallest absolute Gasteiger partial charge is 0.110 e. The molecule has 0 saturated carbocycles. The number of rotatable bonds is 1. The number of fused-ring (bicyclic) bond motifs is 1. The van der Waals surface area contributed by atoms with Crippen LogP contribution in [0.4, 0.5) is 0 Å². The Morgan fingerprint density at radius 2 is 1.88 bits per heavy atom. The van der Waals surface area contributed by atoms with Crippen LogP contribution in [-0.4, -0.2) is 4.98 Å². The summed E-state index contributed by atoms with van der Waals surface area (Å²) in [5.74, 6) is 0. The number of hydrogen-bond acceptors (Lipinski definition) is 1. The highest BCUT2D eigenvalue weighted by atomic mass is 79.9. The molecular formula is C15H18BrN. The van der Waals surface area contributed by atoms with Crippen molar-refractivity contribution in [3.05, 3.63) is 40.0 Å². The first kappa shape index (κ1) is 12.6. The summed E-state index contributed by atoms with van der Waals surface area (Å²) in [5, 5.41) is 1.23. The third kappa shape index (κ3) is 2.52. The molecule has 2 heteroatoms. The van der Waals surface area contributed by atoms with Gasteiger partial charge in [-0.05, 0) is 57.1 Å². The topological polar surface area (TPSA) is 12.9 Å². The summed E-state index contributed by atoms with van der Waals surface area (Å²) in [4.78, 5) is 4.59.